The number of hydrogen-bond donors (Lipinski definition) is 1. The fourth-order valence-corrected chi connectivity index (χ4v) is 2.36. The summed E-state index contributed by atoms with van der Waals surface area (Å²) in [4.78, 5) is 0. The summed E-state index contributed by atoms with van der Waals surface area (Å²) in [5.74, 6) is 0.428. The first kappa shape index (κ1) is 12.7. The van der Waals surface area contributed by atoms with Crippen molar-refractivity contribution >= 4 is 11.6 Å². The SMILES string of the molecule is FC(F)(F)c1cc(CC2CCNC2)ccc1Cl. The third-order valence-electron chi connectivity index (χ3n) is 3.02. The van der Waals surface area contributed by atoms with E-state index in [1.54, 1.807) is 6.07 Å². The van der Waals surface area contributed by atoms with Crippen LogP contribution in [-0.4, -0.2) is 13.1 Å². The number of benzene rings is 1. The summed E-state index contributed by atoms with van der Waals surface area (Å²) in [5.41, 5.74) is -0.0296. The Morgan fingerprint density at radius 2 is 2.12 bits per heavy atom. The molecule has 1 aliphatic heterocycles. The van der Waals surface area contributed by atoms with Crippen molar-refractivity contribution in [2.75, 3.05) is 13.1 Å². The maximum Gasteiger partial charge on any atom is 0.417 e. The topological polar surface area (TPSA) is 12.0 Å². The van der Waals surface area contributed by atoms with Crippen molar-refractivity contribution in [3.8, 4) is 0 Å². The van der Waals surface area contributed by atoms with Crippen LogP contribution in [0.5, 0.6) is 0 Å². The Hall–Kier alpha value is -0.740. The number of alkyl halides is 3. The second-order valence-electron chi connectivity index (χ2n) is 4.37. The van der Waals surface area contributed by atoms with E-state index >= 15 is 0 Å². The zero-order valence-electron chi connectivity index (χ0n) is 9.15. The average Bonchev–Trinajstić information content (AvgIpc) is 2.72. The molecule has 1 aromatic rings. The van der Waals surface area contributed by atoms with Gasteiger partial charge in [-0.15, -0.1) is 0 Å². The van der Waals surface area contributed by atoms with Crippen molar-refractivity contribution in [3.05, 3.63) is 34.3 Å². The molecule has 17 heavy (non-hydrogen) atoms. The summed E-state index contributed by atoms with van der Waals surface area (Å²) < 4.78 is 37.9. The summed E-state index contributed by atoms with van der Waals surface area (Å²) >= 11 is 5.57. The molecule has 1 N–H and O–H groups in total. The van der Waals surface area contributed by atoms with E-state index in [9.17, 15) is 13.2 Å². The molecule has 0 saturated carbocycles. The molecule has 0 aliphatic carbocycles. The van der Waals surface area contributed by atoms with Crippen molar-refractivity contribution in [1.82, 2.24) is 5.32 Å². The minimum atomic E-state index is -4.37. The van der Waals surface area contributed by atoms with Gasteiger partial charge in [0.15, 0.2) is 0 Å². The summed E-state index contributed by atoms with van der Waals surface area (Å²) in [6.45, 7) is 1.83. The zero-order valence-corrected chi connectivity index (χ0v) is 9.91. The van der Waals surface area contributed by atoms with Crippen LogP contribution in [0.1, 0.15) is 17.5 Å². The van der Waals surface area contributed by atoms with Crippen molar-refractivity contribution in [1.29, 1.82) is 0 Å². The molecule has 1 fully saturated rings. The highest BCUT2D eigenvalue weighted by atomic mass is 35.5. The fraction of sp³-hybridized carbons (Fsp3) is 0.500. The van der Waals surface area contributed by atoms with Gasteiger partial charge in [-0.3, -0.25) is 0 Å². The van der Waals surface area contributed by atoms with E-state index < -0.39 is 11.7 Å². The van der Waals surface area contributed by atoms with E-state index in [0.29, 0.717) is 17.9 Å². The lowest BCUT2D eigenvalue weighted by molar-refractivity contribution is -0.137. The van der Waals surface area contributed by atoms with Crippen LogP contribution in [0, 0.1) is 5.92 Å². The van der Waals surface area contributed by atoms with Gasteiger partial charge < -0.3 is 5.32 Å². The molecule has 2 rings (SSSR count). The van der Waals surface area contributed by atoms with Gasteiger partial charge in [0.25, 0.3) is 0 Å². The molecule has 1 unspecified atom stereocenters. The van der Waals surface area contributed by atoms with Crippen LogP contribution in [0.3, 0.4) is 0 Å². The molecule has 0 bridgehead atoms. The Bertz CT molecular complexity index is 397. The van der Waals surface area contributed by atoms with Crippen LogP contribution in [0.4, 0.5) is 13.2 Å². The Balaban J connectivity index is 2.18. The standard InChI is InChI=1S/C12H13ClF3N/c13-11-2-1-8(5-9-3-4-17-7-9)6-10(11)12(14,15)16/h1-2,6,9,17H,3-5,7H2. The molecule has 1 saturated heterocycles. The van der Waals surface area contributed by atoms with E-state index in [-0.39, 0.29) is 5.02 Å². The van der Waals surface area contributed by atoms with Gasteiger partial charge in [0.2, 0.25) is 0 Å². The van der Waals surface area contributed by atoms with E-state index in [1.807, 2.05) is 0 Å². The Morgan fingerprint density at radius 3 is 2.71 bits per heavy atom. The molecular weight excluding hydrogens is 251 g/mol. The Labute approximate surface area is 103 Å². The molecule has 1 atom stereocenters. The van der Waals surface area contributed by atoms with Gasteiger partial charge in [-0.1, -0.05) is 17.7 Å². The highest BCUT2D eigenvalue weighted by molar-refractivity contribution is 6.31. The lowest BCUT2D eigenvalue weighted by atomic mass is 9.97. The van der Waals surface area contributed by atoms with Gasteiger partial charge in [0, 0.05) is 0 Å². The Morgan fingerprint density at radius 1 is 1.35 bits per heavy atom. The summed E-state index contributed by atoms with van der Waals surface area (Å²) in [6.07, 6.45) is -2.68. The van der Waals surface area contributed by atoms with Crippen LogP contribution >= 0.6 is 11.6 Å². The van der Waals surface area contributed by atoms with Crippen LogP contribution in [0.15, 0.2) is 18.2 Å². The van der Waals surface area contributed by atoms with Crippen molar-refractivity contribution < 1.29 is 13.2 Å². The largest absolute Gasteiger partial charge is 0.417 e. The maximum absolute atomic E-state index is 12.6. The molecule has 1 nitrogen and oxygen atoms in total. The molecule has 0 amide bonds. The molecule has 0 spiro atoms. The first-order valence-electron chi connectivity index (χ1n) is 5.53. The molecule has 1 heterocycles. The van der Waals surface area contributed by atoms with Crippen molar-refractivity contribution in [2.45, 2.75) is 19.0 Å². The number of nitrogens with one attached hydrogen (secondary N) is 1. The third kappa shape index (κ3) is 3.13. The molecule has 1 aliphatic rings. The molecule has 1 aromatic carbocycles. The first-order chi connectivity index (χ1) is 7.97. The van der Waals surface area contributed by atoms with E-state index in [1.165, 1.54) is 12.1 Å². The first-order valence-corrected chi connectivity index (χ1v) is 5.91. The molecule has 94 valence electrons. The minimum absolute atomic E-state index is 0.231. The quantitative estimate of drug-likeness (QED) is 0.861. The second-order valence-corrected chi connectivity index (χ2v) is 4.78. The van der Waals surface area contributed by atoms with E-state index in [2.05, 4.69) is 5.32 Å². The monoisotopic (exact) mass is 263 g/mol. The van der Waals surface area contributed by atoms with Gasteiger partial charge in [-0.2, -0.15) is 13.2 Å². The smallest absolute Gasteiger partial charge is 0.316 e. The van der Waals surface area contributed by atoms with Crippen LogP contribution in [-0.2, 0) is 12.6 Å². The van der Waals surface area contributed by atoms with Crippen molar-refractivity contribution in [3.63, 3.8) is 0 Å². The van der Waals surface area contributed by atoms with Gasteiger partial charge >= 0.3 is 6.18 Å². The van der Waals surface area contributed by atoms with Crippen LogP contribution < -0.4 is 5.32 Å². The summed E-state index contributed by atoms with van der Waals surface area (Å²) in [7, 11) is 0. The molecule has 0 radical (unpaired) electrons. The third-order valence-corrected chi connectivity index (χ3v) is 3.35. The highest BCUT2D eigenvalue weighted by Crippen LogP contribution is 2.35. The number of rotatable bonds is 2. The average molecular weight is 264 g/mol. The van der Waals surface area contributed by atoms with Crippen LogP contribution in [0.25, 0.3) is 0 Å². The normalized spacial score (nSPS) is 20.8. The lowest BCUT2D eigenvalue weighted by Crippen LogP contribution is -2.12. The predicted octanol–water partition coefficient (Wildman–Crippen LogP) is 3.51. The van der Waals surface area contributed by atoms with E-state index in [0.717, 1.165) is 19.5 Å². The number of hydrogen-bond acceptors (Lipinski definition) is 1. The minimum Gasteiger partial charge on any atom is -0.316 e. The zero-order chi connectivity index (χ0) is 12.5. The predicted molar refractivity (Wildman–Crippen MR) is 61.1 cm³/mol. The summed E-state index contributed by atoms with van der Waals surface area (Å²) in [5, 5.41) is 2.97. The van der Waals surface area contributed by atoms with Gasteiger partial charge in [-0.05, 0) is 49.5 Å². The molecule has 0 aromatic heterocycles. The molecular formula is C12H13ClF3N. The Kier molecular flexibility index (Phi) is 3.64. The van der Waals surface area contributed by atoms with Crippen molar-refractivity contribution in [2.24, 2.45) is 5.92 Å². The van der Waals surface area contributed by atoms with Crippen LogP contribution in [0.2, 0.25) is 5.02 Å². The highest BCUT2D eigenvalue weighted by Gasteiger charge is 2.33. The van der Waals surface area contributed by atoms with E-state index in [4.69, 9.17) is 11.6 Å². The molecule has 5 heteroatoms. The fourth-order valence-electron chi connectivity index (χ4n) is 2.14. The van der Waals surface area contributed by atoms with Gasteiger partial charge in [0.05, 0.1) is 10.6 Å². The van der Waals surface area contributed by atoms with Gasteiger partial charge in [-0.25, -0.2) is 0 Å². The maximum atomic E-state index is 12.6. The lowest BCUT2D eigenvalue weighted by Gasteiger charge is -2.13. The number of halogens is 4. The summed E-state index contributed by atoms with van der Waals surface area (Å²) in [6, 6.07) is 4.18. The second kappa shape index (κ2) is 4.86. The van der Waals surface area contributed by atoms with Gasteiger partial charge in [0.1, 0.15) is 0 Å².